The summed E-state index contributed by atoms with van der Waals surface area (Å²) >= 11 is 0. The summed E-state index contributed by atoms with van der Waals surface area (Å²) in [4.78, 5) is 102. The third-order valence-electron chi connectivity index (χ3n) is 14.1. The van der Waals surface area contributed by atoms with Crippen molar-refractivity contribution in [1.29, 1.82) is 0 Å². The molecule has 0 aromatic heterocycles. The van der Waals surface area contributed by atoms with Crippen LogP contribution in [0.1, 0.15) is 126 Å². The van der Waals surface area contributed by atoms with Crippen LogP contribution in [0.15, 0.2) is 60.7 Å². The molecule has 3 saturated heterocycles. The molecule has 398 valence electrons. The van der Waals surface area contributed by atoms with Gasteiger partial charge in [-0.05, 0) is 137 Å². The summed E-state index contributed by atoms with van der Waals surface area (Å²) in [6, 6.07) is 9.49. The summed E-state index contributed by atoms with van der Waals surface area (Å²) in [5, 5.41) is 36.6. The van der Waals surface area contributed by atoms with Crippen molar-refractivity contribution in [2.75, 3.05) is 32.8 Å². The zero-order chi connectivity index (χ0) is 52.4. The average Bonchev–Trinajstić information content (AvgIpc) is 4.04. The van der Waals surface area contributed by atoms with Crippen molar-refractivity contribution in [2.45, 2.75) is 165 Å². The van der Waals surface area contributed by atoms with Gasteiger partial charge in [-0.25, -0.2) is 0 Å². The highest BCUT2D eigenvalue weighted by atomic mass is 16.5. The lowest BCUT2D eigenvalue weighted by Gasteiger charge is -2.32. The summed E-state index contributed by atoms with van der Waals surface area (Å²) in [6.45, 7) is 4.68. The molecule has 3 aliphatic heterocycles. The summed E-state index contributed by atoms with van der Waals surface area (Å²) in [7, 11) is 0. The molecule has 0 aliphatic carbocycles. The van der Waals surface area contributed by atoms with E-state index in [-0.39, 0.29) is 75.9 Å². The van der Waals surface area contributed by atoms with Crippen LogP contribution in [0.5, 0.6) is 11.5 Å². The molecule has 7 amide bonds. The van der Waals surface area contributed by atoms with E-state index in [4.69, 9.17) is 16.2 Å². The van der Waals surface area contributed by atoms with Crippen LogP contribution < -0.4 is 42.8 Å². The number of aliphatic hydroxyl groups is 1. The molecule has 3 fully saturated rings. The van der Waals surface area contributed by atoms with Gasteiger partial charge in [0.2, 0.25) is 35.4 Å². The number of carbonyl (C=O) groups excluding carboxylic acids is 7. The number of rotatable bonds is 18. The molecular formula is C54H77N9O10. The van der Waals surface area contributed by atoms with Gasteiger partial charge in [-0.2, -0.15) is 0 Å². The van der Waals surface area contributed by atoms with E-state index < -0.39 is 89.7 Å². The Morgan fingerprint density at radius 1 is 0.767 bits per heavy atom. The molecule has 19 heteroatoms. The van der Waals surface area contributed by atoms with Gasteiger partial charge >= 0.3 is 0 Å². The summed E-state index contributed by atoms with van der Waals surface area (Å²) in [5.41, 5.74) is 13.2. The number of hydrogen-bond acceptors (Lipinski definition) is 12. The van der Waals surface area contributed by atoms with E-state index in [1.54, 1.807) is 30.3 Å². The number of aromatic hydroxyl groups is 1. The predicted octanol–water partition coefficient (Wildman–Crippen LogP) is 2.81. The number of nitrogens with zero attached hydrogens (tertiary/aromatic N) is 2. The molecule has 3 aromatic carbocycles. The van der Waals surface area contributed by atoms with E-state index in [1.165, 1.54) is 54.5 Å². The summed E-state index contributed by atoms with van der Waals surface area (Å²) < 4.78 is 6.01. The number of carbonyl (C=O) groups is 7. The quantitative estimate of drug-likeness (QED) is 0.0833. The Balaban J connectivity index is 1.25. The topological polar surface area (TPSA) is 288 Å². The van der Waals surface area contributed by atoms with Gasteiger partial charge in [0.1, 0.15) is 47.8 Å². The van der Waals surface area contributed by atoms with Crippen LogP contribution in [-0.4, -0.2) is 143 Å². The summed E-state index contributed by atoms with van der Waals surface area (Å²) in [5.74, 6) is -3.62. The Morgan fingerprint density at radius 2 is 1.49 bits per heavy atom. The van der Waals surface area contributed by atoms with E-state index in [1.807, 2.05) is 18.2 Å². The minimum absolute atomic E-state index is 0.00614. The van der Waals surface area contributed by atoms with Crippen molar-refractivity contribution >= 4 is 52.1 Å². The number of aryl methyl sites for hydroxylation is 1. The van der Waals surface area contributed by atoms with Crippen LogP contribution in [0, 0.1) is 0 Å². The number of amides is 7. The second-order valence-electron chi connectivity index (χ2n) is 19.8. The van der Waals surface area contributed by atoms with Crippen LogP contribution in [0.4, 0.5) is 0 Å². The highest BCUT2D eigenvalue weighted by molar-refractivity contribution is 6.02. The zero-order valence-electron chi connectivity index (χ0n) is 42.5. The molecule has 3 aliphatic rings. The van der Waals surface area contributed by atoms with Crippen LogP contribution in [0.2, 0.25) is 0 Å². The number of fused-ring (bicyclic) bond motifs is 3. The maximum absolute atomic E-state index is 14.5. The Morgan fingerprint density at radius 3 is 2.25 bits per heavy atom. The minimum atomic E-state index is -1.53. The Hall–Kier alpha value is -6.31. The number of benzene rings is 3. The molecule has 73 heavy (non-hydrogen) atoms. The third kappa shape index (κ3) is 15.8. The molecule has 0 saturated carbocycles. The standard InChI is InChI=1S/C54H77N9O10/c1-3-4-5-6-7-10-29-73-41-24-21-36-30-38(20-19-37(36)31-41)48(66)58-42-14-11-27-57-51(69)46-32-39(56)33-63(46)53(71)44(13-8-9-26-55)60-49(67)43(25-18-35-16-22-40(65)23-17-35)59-52(70)45-15-12-28-62(45)54(72)47(34(2)64)61-50(42)68/h16-17,19-24,30-31,34,39,42-47,64-65H,3-15,18,25-29,32-33,55-56H2,1-2H3,(H,57,69)(H,58,66)(H,59,70)(H,60,67)(H,61,68)/t34?,39-,42-,43-,44-,45-,46-,47-/m0/s1. The Labute approximate surface area is 428 Å². The number of nitrogens with two attached hydrogens (primary N) is 2. The number of nitrogens with one attached hydrogen (secondary N) is 5. The first-order chi connectivity index (χ1) is 35.2. The van der Waals surface area contributed by atoms with E-state index in [2.05, 4.69) is 33.5 Å². The van der Waals surface area contributed by atoms with E-state index in [9.17, 15) is 43.8 Å². The van der Waals surface area contributed by atoms with Gasteiger partial charge in [-0.15, -0.1) is 0 Å². The normalized spacial score (nSPS) is 24.2. The zero-order valence-corrected chi connectivity index (χ0v) is 42.5. The average molecular weight is 1010 g/mol. The van der Waals surface area contributed by atoms with E-state index in [0.717, 1.165) is 34.9 Å². The van der Waals surface area contributed by atoms with Crippen molar-refractivity contribution in [2.24, 2.45) is 11.5 Å². The van der Waals surface area contributed by atoms with E-state index >= 15 is 0 Å². The van der Waals surface area contributed by atoms with Crippen molar-refractivity contribution in [1.82, 2.24) is 36.4 Å². The second kappa shape index (κ2) is 27.7. The van der Waals surface area contributed by atoms with Crippen molar-refractivity contribution in [3.05, 3.63) is 71.8 Å². The number of phenols is 1. The fourth-order valence-corrected chi connectivity index (χ4v) is 9.89. The van der Waals surface area contributed by atoms with Crippen LogP contribution >= 0.6 is 0 Å². The van der Waals surface area contributed by atoms with Crippen LogP contribution in [0.3, 0.4) is 0 Å². The molecule has 6 rings (SSSR count). The van der Waals surface area contributed by atoms with Crippen LogP contribution in [-0.2, 0) is 35.2 Å². The van der Waals surface area contributed by atoms with Gasteiger partial charge in [0.05, 0.1) is 12.7 Å². The Bertz CT molecular complexity index is 2370. The predicted molar refractivity (Wildman–Crippen MR) is 276 cm³/mol. The summed E-state index contributed by atoms with van der Waals surface area (Å²) in [6.07, 6.45) is 7.99. The van der Waals surface area contributed by atoms with Gasteiger partial charge < -0.3 is 62.8 Å². The molecule has 1 unspecified atom stereocenters. The number of unbranched alkanes of at least 4 members (excludes halogenated alkanes) is 6. The smallest absolute Gasteiger partial charge is 0.251 e. The van der Waals surface area contributed by atoms with Gasteiger partial charge in [0.15, 0.2) is 0 Å². The Kier molecular flexibility index (Phi) is 21.2. The van der Waals surface area contributed by atoms with Crippen LogP contribution in [0.25, 0.3) is 10.8 Å². The molecule has 0 spiro atoms. The largest absolute Gasteiger partial charge is 0.508 e. The number of hydrogen-bond donors (Lipinski definition) is 9. The minimum Gasteiger partial charge on any atom is -0.508 e. The molecule has 11 N–H and O–H groups in total. The SMILES string of the molecule is CCCCCCCCOc1ccc2cc(C(=O)N[C@H]3CCCNC(=O)[C@@H]4C[C@H](N)CN4C(=O)[C@H](CCCCN)NC(=O)[C@H](CCc4ccc(O)cc4)NC(=O)[C@@H]4CCCN4C(=O)[C@H](C(C)O)NC3=O)ccc2c1. The number of aliphatic hydroxyl groups excluding tert-OH is 1. The molecular weight excluding hydrogens is 935 g/mol. The molecule has 0 radical (unpaired) electrons. The van der Waals surface area contributed by atoms with Crippen molar-refractivity contribution < 1.29 is 48.5 Å². The fraction of sp³-hybridized carbons (Fsp3) is 0.574. The number of ether oxygens (including phenoxy) is 1. The van der Waals surface area contributed by atoms with E-state index in [0.29, 0.717) is 32.4 Å². The lowest BCUT2D eigenvalue weighted by Crippen LogP contribution is -2.61. The maximum Gasteiger partial charge on any atom is 0.251 e. The lowest BCUT2D eigenvalue weighted by atomic mass is 10.0. The molecule has 3 heterocycles. The first-order valence-electron chi connectivity index (χ1n) is 26.4. The van der Waals surface area contributed by atoms with Crippen molar-refractivity contribution in [3.8, 4) is 11.5 Å². The fourth-order valence-electron chi connectivity index (χ4n) is 9.89. The first kappa shape index (κ1) is 56.0. The highest BCUT2D eigenvalue weighted by Gasteiger charge is 2.43. The van der Waals surface area contributed by atoms with Gasteiger partial charge in [0, 0.05) is 31.2 Å². The van der Waals surface area contributed by atoms with Gasteiger partial charge in [-0.1, -0.05) is 63.3 Å². The molecule has 19 nitrogen and oxygen atoms in total. The maximum atomic E-state index is 14.5. The first-order valence-corrected chi connectivity index (χ1v) is 26.4. The lowest BCUT2D eigenvalue weighted by molar-refractivity contribution is -0.144. The monoisotopic (exact) mass is 1010 g/mol. The molecule has 0 bridgehead atoms. The number of phenolic OH excluding ortho intramolecular Hbond substituents is 1. The highest BCUT2D eigenvalue weighted by Crippen LogP contribution is 2.25. The third-order valence-corrected chi connectivity index (χ3v) is 14.1. The molecule has 3 aromatic rings. The van der Waals surface area contributed by atoms with Gasteiger partial charge in [0.25, 0.3) is 5.91 Å². The second-order valence-corrected chi connectivity index (χ2v) is 19.8. The molecule has 8 atom stereocenters. The van der Waals surface area contributed by atoms with Gasteiger partial charge in [-0.3, -0.25) is 33.6 Å². The van der Waals surface area contributed by atoms with Crippen molar-refractivity contribution in [3.63, 3.8) is 0 Å².